The van der Waals surface area contributed by atoms with Gasteiger partial charge in [0.25, 0.3) is 5.91 Å². The molecule has 1 aliphatic rings. The molecular weight excluding hydrogens is 202 g/mol. The van der Waals surface area contributed by atoms with Gasteiger partial charge in [0.2, 0.25) is 0 Å². The summed E-state index contributed by atoms with van der Waals surface area (Å²) < 4.78 is 0. The number of nitrogens with one attached hydrogen (secondary N) is 1. The van der Waals surface area contributed by atoms with Crippen molar-refractivity contribution in [3.63, 3.8) is 0 Å². The van der Waals surface area contributed by atoms with Crippen LogP contribution in [0.15, 0.2) is 18.3 Å². The van der Waals surface area contributed by atoms with E-state index in [0.717, 1.165) is 12.2 Å². The van der Waals surface area contributed by atoms with Crippen LogP contribution in [0.2, 0.25) is 0 Å². The number of hydrogen-bond acceptors (Lipinski definition) is 3. The average Bonchev–Trinajstić information content (AvgIpc) is 3.12. The maximum Gasteiger partial charge on any atom is 0.272 e. The SMILES string of the molecule is CNc1ccnc(C(=O)N(C)CC2CC2)c1. The van der Waals surface area contributed by atoms with E-state index >= 15 is 0 Å². The van der Waals surface area contributed by atoms with Crippen molar-refractivity contribution in [2.75, 3.05) is 26.0 Å². The van der Waals surface area contributed by atoms with Crippen LogP contribution in [0.25, 0.3) is 0 Å². The molecule has 0 bridgehead atoms. The third kappa shape index (κ3) is 2.51. The molecule has 86 valence electrons. The van der Waals surface area contributed by atoms with Crippen LogP contribution in [0, 0.1) is 5.92 Å². The Kier molecular flexibility index (Phi) is 3.08. The second-order valence-electron chi connectivity index (χ2n) is 4.31. The molecular formula is C12H17N3O. The van der Waals surface area contributed by atoms with Crippen LogP contribution >= 0.6 is 0 Å². The van der Waals surface area contributed by atoms with Gasteiger partial charge in [-0.3, -0.25) is 9.78 Å². The fraction of sp³-hybridized carbons (Fsp3) is 0.500. The normalized spacial score (nSPS) is 14.6. The summed E-state index contributed by atoms with van der Waals surface area (Å²) in [6.07, 6.45) is 4.16. The molecule has 0 aliphatic heterocycles. The minimum Gasteiger partial charge on any atom is -0.388 e. The standard InChI is InChI=1S/C12H17N3O/c1-13-10-5-6-14-11(7-10)12(16)15(2)8-9-3-4-9/h5-7,9H,3-4,8H2,1-2H3,(H,13,14). The zero-order chi connectivity index (χ0) is 11.5. The lowest BCUT2D eigenvalue weighted by Gasteiger charge is -2.16. The molecule has 16 heavy (non-hydrogen) atoms. The van der Waals surface area contributed by atoms with E-state index in [1.165, 1.54) is 12.8 Å². The molecule has 1 N–H and O–H groups in total. The minimum absolute atomic E-state index is 0.00370. The summed E-state index contributed by atoms with van der Waals surface area (Å²) in [6, 6.07) is 3.63. The molecule has 1 heterocycles. The van der Waals surface area contributed by atoms with Crippen molar-refractivity contribution in [3.05, 3.63) is 24.0 Å². The topological polar surface area (TPSA) is 45.2 Å². The number of anilines is 1. The summed E-state index contributed by atoms with van der Waals surface area (Å²) in [5, 5.41) is 3.00. The quantitative estimate of drug-likeness (QED) is 0.836. The van der Waals surface area contributed by atoms with E-state index < -0.39 is 0 Å². The van der Waals surface area contributed by atoms with Gasteiger partial charge in [-0.25, -0.2) is 0 Å². The summed E-state index contributed by atoms with van der Waals surface area (Å²) in [4.78, 5) is 17.9. The molecule has 0 radical (unpaired) electrons. The van der Waals surface area contributed by atoms with E-state index in [-0.39, 0.29) is 5.91 Å². The van der Waals surface area contributed by atoms with Crippen LogP contribution in [-0.4, -0.2) is 36.4 Å². The zero-order valence-corrected chi connectivity index (χ0v) is 9.73. The first-order valence-electron chi connectivity index (χ1n) is 5.60. The molecule has 1 fully saturated rings. The number of carbonyl (C=O) groups is 1. The van der Waals surface area contributed by atoms with E-state index in [2.05, 4.69) is 10.3 Å². The highest BCUT2D eigenvalue weighted by Crippen LogP contribution is 2.29. The fourth-order valence-electron chi connectivity index (χ4n) is 1.67. The first-order chi connectivity index (χ1) is 7.70. The van der Waals surface area contributed by atoms with Crippen molar-refractivity contribution in [3.8, 4) is 0 Å². The van der Waals surface area contributed by atoms with Gasteiger partial charge in [-0.05, 0) is 30.9 Å². The van der Waals surface area contributed by atoms with Gasteiger partial charge in [0.15, 0.2) is 0 Å². The van der Waals surface area contributed by atoms with Crippen molar-refractivity contribution < 1.29 is 4.79 Å². The lowest BCUT2D eigenvalue weighted by Crippen LogP contribution is -2.29. The van der Waals surface area contributed by atoms with Gasteiger partial charge < -0.3 is 10.2 Å². The van der Waals surface area contributed by atoms with Gasteiger partial charge >= 0.3 is 0 Å². The monoisotopic (exact) mass is 219 g/mol. The molecule has 0 saturated heterocycles. The second-order valence-corrected chi connectivity index (χ2v) is 4.31. The van der Waals surface area contributed by atoms with Crippen molar-refractivity contribution in [2.24, 2.45) is 5.92 Å². The molecule has 4 heteroatoms. The molecule has 4 nitrogen and oxygen atoms in total. The summed E-state index contributed by atoms with van der Waals surface area (Å²) in [5.41, 5.74) is 1.42. The number of carbonyl (C=O) groups excluding carboxylic acids is 1. The Hall–Kier alpha value is -1.58. The van der Waals surface area contributed by atoms with Crippen molar-refractivity contribution in [2.45, 2.75) is 12.8 Å². The van der Waals surface area contributed by atoms with Crippen LogP contribution in [0.5, 0.6) is 0 Å². The fourth-order valence-corrected chi connectivity index (χ4v) is 1.67. The Morgan fingerprint density at radius 2 is 2.38 bits per heavy atom. The van der Waals surface area contributed by atoms with Crippen molar-refractivity contribution >= 4 is 11.6 Å². The predicted molar refractivity (Wildman–Crippen MR) is 63.5 cm³/mol. The van der Waals surface area contributed by atoms with Crippen LogP contribution in [0.1, 0.15) is 23.3 Å². The number of rotatable bonds is 4. The lowest BCUT2D eigenvalue weighted by molar-refractivity contribution is 0.0783. The van der Waals surface area contributed by atoms with Crippen LogP contribution in [0.3, 0.4) is 0 Å². The van der Waals surface area contributed by atoms with E-state index in [9.17, 15) is 4.79 Å². The summed E-state index contributed by atoms with van der Waals surface area (Å²) in [5.74, 6) is 0.713. The Labute approximate surface area is 95.7 Å². The Balaban J connectivity index is 2.06. The highest BCUT2D eigenvalue weighted by atomic mass is 16.2. The zero-order valence-electron chi connectivity index (χ0n) is 9.73. The highest BCUT2D eigenvalue weighted by Gasteiger charge is 2.25. The summed E-state index contributed by atoms with van der Waals surface area (Å²) in [6.45, 7) is 0.851. The largest absolute Gasteiger partial charge is 0.388 e. The minimum atomic E-state index is 0.00370. The van der Waals surface area contributed by atoms with Gasteiger partial charge in [-0.15, -0.1) is 0 Å². The molecule has 1 aliphatic carbocycles. The van der Waals surface area contributed by atoms with Gasteiger partial charge in [-0.1, -0.05) is 0 Å². The highest BCUT2D eigenvalue weighted by molar-refractivity contribution is 5.92. The van der Waals surface area contributed by atoms with E-state index in [0.29, 0.717) is 11.6 Å². The maximum absolute atomic E-state index is 12.0. The lowest BCUT2D eigenvalue weighted by atomic mass is 10.2. The van der Waals surface area contributed by atoms with Crippen LogP contribution in [0.4, 0.5) is 5.69 Å². The van der Waals surface area contributed by atoms with Crippen LogP contribution in [-0.2, 0) is 0 Å². The molecule has 1 aromatic rings. The Morgan fingerprint density at radius 1 is 1.62 bits per heavy atom. The first kappa shape index (κ1) is 10.9. The van der Waals surface area contributed by atoms with Crippen LogP contribution < -0.4 is 5.32 Å². The third-order valence-electron chi connectivity index (χ3n) is 2.84. The molecule has 1 aromatic heterocycles. The Morgan fingerprint density at radius 3 is 3.00 bits per heavy atom. The number of aromatic nitrogens is 1. The average molecular weight is 219 g/mol. The molecule has 0 spiro atoms. The smallest absolute Gasteiger partial charge is 0.272 e. The summed E-state index contributed by atoms with van der Waals surface area (Å²) >= 11 is 0. The van der Waals surface area contributed by atoms with E-state index in [4.69, 9.17) is 0 Å². The van der Waals surface area contributed by atoms with Gasteiger partial charge in [0, 0.05) is 32.5 Å². The van der Waals surface area contributed by atoms with Crippen molar-refractivity contribution in [1.29, 1.82) is 0 Å². The van der Waals surface area contributed by atoms with Gasteiger partial charge in [0.1, 0.15) is 5.69 Å². The molecule has 0 atom stereocenters. The molecule has 2 rings (SSSR count). The number of amides is 1. The third-order valence-corrected chi connectivity index (χ3v) is 2.84. The number of pyridine rings is 1. The van der Waals surface area contributed by atoms with Crippen molar-refractivity contribution in [1.82, 2.24) is 9.88 Å². The second kappa shape index (κ2) is 4.51. The molecule has 1 amide bonds. The molecule has 0 unspecified atom stereocenters. The number of nitrogens with zero attached hydrogens (tertiary/aromatic N) is 2. The Bertz CT molecular complexity index is 388. The molecule has 0 aromatic carbocycles. The maximum atomic E-state index is 12.0. The van der Waals surface area contributed by atoms with Gasteiger partial charge in [-0.2, -0.15) is 0 Å². The first-order valence-corrected chi connectivity index (χ1v) is 5.60. The van der Waals surface area contributed by atoms with Gasteiger partial charge in [0.05, 0.1) is 0 Å². The van der Waals surface area contributed by atoms with E-state index in [1.54, 1.807) is 17.2 Å². The predicted octanol–water partition coefficient (Wildman–Crippen LogP) is 1.61. The molecule has 1 saturated carbocycles. The van der Waals surface area contributed by atoms with E-state index in [1.807, 2.05) is 20.2 Å². The number of hydrogen-bond donors (Lipinski definition) is 1. The summed E-state index contributed by atoms with van der Waals surface area (Å²) in [7, 11) is 3.67.